The van der Waals surface area contributed by atoms with Crippen molar-refractivity contribution in [2.24, 2.45) is 4.99 Å². The lowest BCUT2D eigenvalue weighted by atomic mass is 10.0. The topological polar surface area (TPSA) is 48.9 Å². The van der Waals surface area contributed by atoms with Gasteiger partial charge in [-0.15, -0.1) is 24.0 Å². The highest BCUT2D eigenvalue weighted by atomic mass is 127. The molecule has 7 heteroatoms. The van der Waals surface area contributed by atoms with E-state index in [-0.39, 0.29) is 24.0 Å². The molecule has 1 aromatic carbocycles. The van der Waals surface area contributed by atoms with Crippen molar-refractivity contribution in [2.45, 2.75) is 32.2 Å². The van der Waals surface area contributed by atoms with Crippen LogP contribution in [0.3, 0.4) is 0 Å². The molecule has 2 rings (SSSR count). The second-order valence-electron chi connectivity index (χ2n) is 6.24. The molecule has 1 aromatic rings. The summed E-state index contributed by atoms with van der Waals surface area (Å²) >= 11 is 1.88. The van der Waals surface area contributed by atoms with Gasteiger partial charge < -0.3 is 20.3 Å². The molecule has 1 heterocycles. The number of thioether (sulfide) groups is 1. The summed E-state index contributed by atoms with van der Waals surface area (Å²) in [7, 11) is 1.72. The van der Waals surface area contributed by atoms with Gasteiger partial charge in [0.1, 0.15) is 5.75 Å². The van der Waals surface area contributed by atoms with Crippen LogP contribution in [0.1, 0.15) is 26.2 Å². The number of aliphatic imine (C=N–C) groups is 1. The van der Waals surface area contributed by atoms with Gasteiger partial charge in [-0.1, -0.05) is 6.07 Å². The second-order valence-corrected chi connectivity index (χ2v) is 7.22. The molecule has 1 saturated heterocycles. The number of ether oxygens (including phenoxy) is 1. The van der Waals surface area contributed by atoms with Crippen LogP contribution in [0.2, 0.25) is 0 Å². The van der Waals surface area contributed by atoms with Gasteiger partial charge in [0, 0.05) is 44.0 Å². The third kappa shape index (κ3) is 7.82. The zero-order chi connectivity index (χ0) is 17.9. The zero-order valence-electron chi connectivity index (χ0n) is 16.2. The monoisotopic (exact) mass is 492 g/mol. The minimum absolute atomic E-state index is 0. The van der Waals surface area contributed by atoms with E-state index in [2.05, 4.69) is 46.9 Å². The molecule has 1 unspecified atom stereocenters. The third-order valence-electron chi connectivity index (χ3n) is 4.30. The van der Waals surface area contributed by atoms with E-state index in [1.807, 2.05) is 17.8 Å². The maximum atomic E-state index is 5.36. The molecule has 0 saturated carbocycles. The smallest absolute Gasteiger partial charge is 0.191 e. The zero-order valence-corrected chi connectivity index (χ0v) is 19.3. The van der Waals surface area contributed by atoms with E-state index in [9.17, 15) is 0 Å². The lowest BCUT2D eigenvalue weighted by Crippen LogP contribution is -2.51. The van der Waals surface area contributed by atoms with Gasteiger partial charge in [0.25, 0.3) is 0 Å². The number of benzene rings is 1. The summed E-state index contributed by atoms with van der Waals surface area (Å²) in [5, 5.41) is 6.99. The molecule has 148 valence electrons. The highest BCUT2D eigenvalue weighted by molar-refractivity contribution is 14.0. The van der Waals surface area contributed by atoms with E-state index in [0.29, 0.717) is 6.04 Å². The van der Waals surface area contributed by atoms with Crippen molar-refractivity contribution in [1.29, 1.82) is 0 Å². The number of hydrogen-bond donors (Lipinski definition) is 2. The summed E-state index contributed by atoms with van der Waals surface area (Å²) in [6, 6.07) is 8.74. The van der Waals surface area contributed by atoms with Crippen LogP contribution >= 0.6 is 35.7 Å². The fourth-order valence-electron chi connectivity index (χ4n) is 3.05. The molecule has 0 bridgehead atoms. The number of hydrogen-bond acceptors (Lipinski definition) is 4. The molecule has 5 nitrogen and oxygen atoms in total. The molecule has 0 amide bonds. The van der Waals surface area contributed by atoms with Crippen molar-refractivity contribution < 1.29 is 4.74 Å². The Hall–Kier alpha value is -0.830. The molecule has 0 radical (unpaired) electrons. The number of rotatable bonds is 8. The maximum Gasteiger partial charge on any atom is 0.191 e. The highest BCUT2D eigenvalue weighted by Crippen LogP contribution is 2.24. The molecular weight excluding hydrogens is 459 g/mol. The Labute approximate surface area is 179 Å². The van der Waals surface area contributed by atoms with Crippen LogP contribution in [0, 0.1) is 0 Å². The predicted octanol–water partition coefficient (Wildman–Crippen LogP) is 3.59. The summed E-state index contributed by atoms with van der Waals surface area (Å²) in [4.78, 5) is 7.14. The number of halogens is 1. The van der Waals surface area contributed by atoms with Gasteiger partial charge in [0.2, 0.25) is 0 Å². The average Bonchev–Trinajstić information content (AvgIpc) is 2.65. The van der Waals surface area contributed by atoms with E-state index < -0.39 is 0 Å². The van der Waals surface area contributed by atoms with Crippen LogP contribution in [0.15, 0.2) is 29.3 Å². The molecule has 1 fully saturated rings. The second kappa shape index (κ2) is 13.4. The van der Waals surface area contributed by atoms with Crippen LogP contribution < -0.4 is 20.3 Å². The molecule has 2 N–H and O–H groups in total. The number of nitrogens with one attached hydrogen (secondary N) is 2. The van der Waals surface area contributed by atoms with Crippen LogP contribution in [0.4, 0.5) is 5.69 Å². The van der Waals surface area contributed by atoms with Crippen LogP contribution in [0.5, 0.6) is 5.75 Å². The van der Waals surface area contributed by atoms with Crippen molar-refractivity contribution in [3.05, 3.63) is 24.3 Å². The quantitative estimate of drug-likeness (QED) is 0.252. The van der Waals surface area contributed by atoms with Crippen molar-refractivity contribution in [1.82, 2.24) is 10.6 Å². The molecular formula is C19H33IN4OS. The third-order valence-corrected chi connectivity index (χ3v) is 5.00. The highest BCUT2D eigenvalue weighted by Gasteiger charge is 2.21. The van der Waals surface area contributed by atoms with Crippen LogP contribution in [0.25, 0.3) is 0 Å². The van der Waals surface area contributed by atoms with Gasteiger partial charge in [0.15, 0.2) is 5.96 Å². The van der Waals surface area contributed by atoms with E-state index in [1.165, 1.54) is 18.5 Å². The van der Waals surface area contributed by atoms with Crippen molar-refractivity contribution in [3.63, 3.8) is 0 Å². The lowest BCUT2D eigenvalue weighted by molar-refractivity contribution is 0.414. The first-order chi connectivity index (χ1) is 12.3. The Morgan fingerprint density at radius 2 is 2.27 bits per heavy atom. The summed E-state index contributed by atoms with van der Waals surface area (Å²) in [6.45, 7) is 5.96. The van der Waals surface area contributed by atoms with E-state index in [1.54, 1.807) is 7.11 Å². The van der Waals surface area contributed by atoms with Gasteiger partial charge in [-0.2, -0.15) is 11.8 Å². The number of piperidine rings is 1. The molecule has 1 aliphatic rings. The number of nitrogens with zero attached hydrogens (tertiary/aromatic N) is 2. The van der Waals surface area contributed by atoms with Gasteiger partial charge in [-0.25, -0.2) is 0 Å². The average molecular weight is 492 g/mol. The summed E-state index contributed by atoms with van der Waals surface area (Å²) < 4.78 is 5.36. The van der Waals surface area contributed by atoms with Crippen molar-refractivity contribution in [3.8, 4) is 5.75 Å². The first-order valence-electron chi connectivity index (χ1n) is 9.19. The van der Waals surface area contributed by atoms with Gasteiger partial charge in [-0.05, 0) is 50.3 Å². The van der Waals surface area contributed by atoms with Crippen LogP contribution in [-0.4, -0.2) is 57.3 Å². The Kier molecular flexibility index (Phi) is 11.9. The molecule has 0 aromatic heterocycles. The number of methoxy groups -OCH3 is 1. The molecule has 1 aliphatic heterocycles. The van der Waals surface area contributed by atoms with E-state index >= 15 is 0 Å². The van der Waals surface area contributed by atoms with Gasteiger partial charge in [-0.3, -0.25) is 4.99 Å². The van der Waals surface area contributed by atoms with Crippen molar-refractivity contribution in [2.75, 3.05) is 50.2 Å². The van der Waals surface area contributed by atoms with Crippen molar-refractivity contribution >= 4 is 47.4 Å². The minimum Gasteiger partial charge on any atom is -0.497 e. The first kappa shape index (κ1) is 23.2. The summed E-state index contributed by atoms with van der Waals surface area (Å²) in [5.41, 5.74) is 1.23. The van der Waals surface area contributed by atoms with E-state index in [4.69, 9.17) is 9.73 Å². The standard InChI is InChI=1S/C19H32N4OS.HI/c1-4-20-19(21-11-7-13-25-3)22-16-8-6-12-23(15-16)17-9-5-10-18(14-17)24-2;/h5,9-10,14,16H,4,6-8,11-13,15H2,1-3H3,(H2,20,21,22);1H. The van der Waals surface area contributed by atoms with E-state index in [0.717, 1.165) is 50.1 Å². The fraction of sp³-hybridized carbons (Fsp3) is 0.632. The molecule has 0 spiro atoms. The summed E-state index contributed by atoms with van der Waals surface area (Å²) in [6.07, 6.45) is 5.62. The molecule has 1 atom stereocenters. The normalized spacial score (nSPS) is 17.4. The first-order valence-corrected chi connectivity index (χ1v) is 10.6. The SMILES string of the molecule is CCNC(=NCCCSC)NC1CCCN(c2cccc(OC)c2)C1.I. The van der Waals surface area contributed by atoms with Crippen LogP contribution in [-0.2, 0) is 0 Å². The van der Waals surface area contributed by atoms with Gasteiger partial charge >= 0.3 is 0 Å². The fourth-order valence-corrected chi connectivity index (χ4v) is 3.47. The Morgan fingerprint density at radius 3 is 3.00 bits per heavy atom. The molecule has 0 aliphatic carbocycles. The Bertz CT molecular complexity index is 544. The molecule has 26 heavy (non-hydrogen) atoms. The Balaban J connectivity index is 0.00000338. The largest absolute Gasteiger partial charge is 0.497 e. The lowest BCUT2D eigenvalue weighted by Gasteiger charge is -2.35. The maximum absolute atomic E-state index is 5.36. The van der Waals surface area contributed by atoms with Gasteiger partial charge in [0.05, 0.1) is 7.11 Å². The predicted molar refractivity (Wildman–Crippen MR) is 126 cm³/mol. The Morgan fingerprint density at radius 1 is 1.42 bits per heavy atom. The number of anilines is 1. The number of guanidine groups is 1. The summed E-state index contributed by atoms with van der Waals surface area (Å²) in [5.74, 6) is 3.02. The minimum atomic E-state index is 0.